The molecule has 0 radical (unpaired) electrons. The Morgan fingerprint density at radius 1 is 1.33 bits per heavy atom. The molecule has 1 aliphatic heterocycles. The lowest BCUT2D eigenvalue weighted by molar-refractivity contribution is 0.233. The van der Waals surface area contributed by atoms with Crippen LogP contribution in [-0.2, 0) is 6.54 Å². The highest BCUT2D eigenvalue weighted by molar-refractivity contribution is 5.56. The van der Waals surface area contributed by atoms with Gasteiger partial charge in [0.1, 0.15) is 5.65 Å². The van der Waals surface area contributed by atoms with Gasteiger partial charge in [0.15, 0.2) is 5.82 Å². The van der Waals surface area contributed by atoms with Crippen molar-refractivity contribution in [2.45, 2.75) is 26.4 Å². The Kier molecular flexibility index (Phi) is 4.12. The number of nitrogens with zero attached hydrogens (tertiary/aromatic N) is 4. The second-order valence-electron chi connectivity index (χ2n) is 5.87. The molecule has 0 amide bonds. The summed E-state index contributed by atoms with van der Waals surface area (Å²) in [6.07, 6.45) is 2.11. The van der Waals surface area contributed by atoms with Gasteiger partial charge >= 0.3 is 0 Å². The quantitative estimate of drug-likeness (QED) is 0.926. The van der Waals surface area contributed by atoms with Crippen LogP contribution in [0.15, 0.2) is 24.4 Å². The van der Waals surface area contributed by atoms with E-state index >= 15 is 0 Å². The maximum Gasteiger partial charge on any atom is 0.152 e. The average molecular weight is 287 g/mol. The zero-order valence-corrected chi connectivity index (χ0v) is 13.2. The van der Waals surface area contributed by atoms with Crippen LogP contribution in [-0.4, -0.2) is 53.6 Å². The van der Waals surface area contributed by atoms with Crippen LogP contribution in [0.1, 0.15) is 19.5 Å². The van der Waals surface area contributed by atoms with Gasteiger partial charge in [-0.1, -0.05) is 13.0 Å². The topological polar surface area (TPSA) is 35.8 Å². The highest BCUT2D eigenvalue weighted by Gasteiger charge is 2.25. The van der Waals surface area contributed by atoms with Crippen LogP contribution >= 0.6 is 0 Å². The minimum atomic E-state index is 0.565. The predicted molar refractivity (Wildman–Crippen MR) is 86.9 cm³/mol. The highest BCUT2D eigenvalue weighted by Crippen LogP contribution is 2.24. The van der Waals surface area contributed by atoms with Crippen molar-refractivity contribution >= 4 is 11.5 Å². The molecular formula is C16H25N5. The smallest absolute Gasteiger partial charge is 0.152 e. The van der Waals surface area contributed by atoms with E-state index < -0.39 is 0 Å². The molecule has 2 aromatic heterocycles. The van der Waals surface area contributed by atoms with Crippen molar-refractivity contribution in [3.05, 3.63) is 30.1 Å². The number of piperazine rings is 1. The second kappa shape index (κ2) is 6.03. The normalized spacial score (nSPS) is 20.3. The molecule has 5 heteroatoms. The van der Waals surface area contributed by atoms with Crippen LogP contribution in [0.3, 0.4) is 0 Å². The number of aromatic nitrogens is 2. The number of imidazole rings is 1. The third-order valence-electron chi connectivity index (χ3n) is 4.41. The third kappa shape index (κ3) is 2.76. The monoisotopic (exact) mass is 287 g/mol. The van der Waals surface area contributed by atoms with Crippen LogP contribution < -0.4 is 10.2 Å². The van der Waals surface area contributed by atoms with Crippen molar-refractivity contribution in [3.63, 3.8) is 0 Å². The summed E-state index contributed by atoms with van der Waals surface area (Å²) < 4.78 is 2.21. The lowest BCUT2D eigenvalue weighted by Gasteiger charge is -2.38. The Balaban J connectivity index is 1.96. The number of pyridine rings is 1. The van der Waals surface area contributed by atoms with Crippen LogP contribution in [0, 0.1) is 0 Å². The molecule has 0 bridgehead atoms. The summed E-state index contributed by atoms with van der Waals surface area (Å²) in [5.41, 5.74) is 2.30. The summed E-state index contributed by atoms with van der Waals surface area (Å²) in [6, 6.07) is 6.77. The molecule has 2 aromatic rings. The van der Waals surface area contributed by atoms with E-state index in [0.717, 1.165) is 44.2 Å². The first kappa shape index (κ1) is 14.4. The summed E-state index contributed by atoms with van der Waals surface area (Å²) >= 11 is 0. The van der Waals surface area contributed by atoms with Gasteiger partial charge < -0.3 is 19.5 Å². The van der Waals surface area contributed by atoms with Crippen molar-refractivity contribution in [1.82, 2.24) is 19.6 Å². The van der Waals surface area contributed by atoms with E-state index in [1.807, 2.05) is 0 Å². The number of fused-ring (bicyclic) bond motifs is 1. The molecule has 0 aromatic carbocycles. The number of hydrogen-bond acceptors (Lipinski definition) is 4. The first-order valence-corrected chi connectivity index (χ1v) is 7.82. The van der Waals surface area contributed by atoms with Gasteiger partial charge in [-0.3, -0.25) is 0 Å². The molecule has 1 aliphatic rings. The van der Waals surface area contributed by atoms with E-state index in [1.54, 1.807) is 0 Å². The molecule has 5 nitrogen and oxygen atoms in total. The van der Waals surface area contributed by atoms with Crippen molar-refractivity contribution in [1.29, 1.82) is 0 Å². The molecule has 0 saturated carbocycles. The molecular weight excluding hydrogens is 262 g/mol. The fourth-order valence-corrected chi connectivity index (χ4v) is 2.94. The van der Waals surface area contributed by atoms with E-state index in [0.29, 0.717) is 6.04 Å². The minimum absolute atomic E-state index is 0.565. The van der Waals surface area contributed by atoms with Crippen molar-refractivity contribution in [3.8, 4) is 0 Å². The predicted octanol–water partition coefficient (Wildman–Crippen LogP) is 1.58. The summed E-state index contributed by atoms with van der Waals surface area (Å²) in [5.74, 6) is 1.14. The standard InChI is InChI=1S/C16H25N5/c1-4-17-11-14-16(18-15-7-5-6-8-21(14)15)20-10-9-19(3)13(2)12-20/h5-8,13,17H,4,9-12H2,1-3H3. The Morgan fingerprint density at radius 3 is 2.95 bits per heavy atom. The van der Waals surface area contributed by atoms with E-state index in [9.17, 15) is 0 Å². The minimum Gasteiger partial charge on any atom is -0.352 e. The van der Waals surface area contributed by atoms with Gasteiger partial charge in [-0.25, -0.2) is 4.98 Å². The van der Waals surface area contributed by atoms with Gasteiger partial charge in [-0.2, -0.15) is 0 Å². The Bertz CT molecular complexity index is 606. The van der Waals surface area contributed by atoms with E-state index in [-0.39, 0.29) is 0 Å². The molecule has 1 unspecified atom stereocenters. The molecule has 0 spiro atoms. The number of nitrogens with one attached hydrogen (secondary N) is 1. The number of likely N-dealkylation sites (N-methyl/N-ethyl adjacent to an activating group) is 1. The third-order valence-corrected chi connectivity index (χ3v) is 4.41. The van der Waals surface area contributed by atoms with Gasteiger partial charge in [0.05, 0.1) is 5.69 Å². The molecule has 1 saturated heterocycles. The number of hydrogen-bond donors (Lipinski definition) is 1. The Morgan fingerprint density at radius 2 is 2.19 bits per heavy atom. The van der Waals surface area contributed by atoms with E-state index in [2.05, 4.69) is 64.8 Å². The molecule has 21 heavy (non-hydrogen) atoms. The van der Waals surface area contributed by atoms with Gasteiger partial charge in [0, 0.05) is 38.4 Å². The fraction of sp³-hybridized carbons (Fsp3) is 0.562. The second-order valence-corrected chi connectivity index (χ2v) is 5.87. The number of anilines is 1. The van der Waals surface area contributed by atoms with Crippen molar-refractivity contribution in [2.24, 2.45) is 0 Å². The molecule has 114 valence electrons. The largest absolute Gasteiger partial charge is 0.352 e. The zero-order valence-electron chi connectivity index (χ0n) is 13.2. The summed E-state index contributed by atoms with van der Waals surface area (Å²) in [6.45, 7) is 9.43. The molecule has 3 rings (SSSR count). The van der Waals surface area contributed by atoms with Crippen LogP contribution in [0.5, 0.6) is 0 Å². The van der Waals surface area contributed by atoms with Gasteiger partial charge in [-0.05, 0) is 32.6 Å². The van der Waals surface area contributed by atoms with E-state index in [1.165, 1.54) is 5.69 Å². The van der Waals surface area contributed by atoms with E-state index in [4.69, 9.17) is 4.98 Å². The maximum atomic E-state index is 4.88. The Labute approximate surface area is 126 Å². The molecule has 3 heterocycles. The molecule has 1 N–H and O–H groups in total. The van der Waals surface area contributed by atoms with Crippen molar-refractivity contribution < 1.29 is 0 Å². The lowest BCUT2D eigenvalue weighted by Crippen LogP contribution is -2.50. The van der Waals surface area contributed by atoms with Gasteiger partial charge in [0.2, 0.25) is 0 Å². The fourth-order valence-electron chi connectivity index (χ4n) is 2.94. The first-order valence-electron chi connectivity index (χ1n) is 7.82. The van der Waals surface area contributed by atoms with Gasteiger partial charge in [0.25, 0.3) is 0 Å². The van der Waals surface area contributed by atoms with Crippen LogP contribution in [0.25, 0.3) is 5.65 Å². The summed E-state index contributed by atoms with van der Waals surface area (Å²) in [7, 11) is 2.20. The lowest BCUT2D eigenvalue weighted by atomic mass is 10.2. The zero-order chi connectivity index (χ0) is 14.8. The average Bonchev–Trinajstić information content (AvgIpc) is 2.86. The van der Waals surface area contributed by atoms with Crippen LogP contribution in [0.4, 0.5) is 5.82 Å². The van der Waals surface area contributed by atoms with Crippen LogP contribution in [0.2, 0.25) is 0 Å². The number of rotatable bonds is 4. The maximum absolute atomic E-state index is 4.88. The van der Waals surface area contributed by atoms with Crippen molar-refractivity contribution in [2.75, 3.05) is 38.1 Å². The summed E-state index contributed by atoms with van der Waals surface area (Å²) in [5, 5.41) is 3.44. The Hall–Kier alpha value is -1.59. The van der Waals surface area contributed by atoms with Gasteiger partial charge in [-0.15, -0.1) is 0 Å². The molecule has 1 fully saturated rings. The molecule has 0 aliphatic carbocycles. The first-order chi connectivity index (χ1) is 10.2. The molecule has 1 atom stereocenters. The summed E-state index contributed by atoms with van der Waals surface area (Å²) in [4.78, 5) is 9.73. The SMILES string of the molecule is CCNCc1c(N2CCN(C)C(C)C2)nc2ccccn12. The highest BCUT2D eigenvalue weighted by atomic mass is 15.3.